The van der Waals surface area contributed by atoms with Gasteiger partial charge in [-0.25, -0.2) is 0 Å². The Hall–Kier alpha value is -0.920. The number of hydrogen-bond donors (Lipinski definition) is 2. The zero-order valence-corrected chi connectivity index (χ0v) is 7.44. The molecular formula is C9H16N2. The summed E-state index contributed by atoms with van der Waals surface area (Å²) in [7, 11) is 0. The van der Waals surface area contributed by atoms with Crippen LogP contribution in [-0.2, 0) is 0 Å². The minimum Gasteiger partial charge on any atom is -0.379 e. The van der Waals surface area contributed by atoms with Crippen molar-refractivity contribution >= 4 is 5.69 Å². The lowest BCUT2D eigenvalue weighted by Crippen LogP contribution is -2.29. The van der Waals surface area contributed by atoms with Gasteiger partial charge in [0.05, 0.1) is 5.69 Å². The normalized spacial score (nSPS) is 11.5. The number of nitrogens with one attached hydrogen (secondary N) is 2. The minimum atomic E-state index is 0.197. The van der Waals surface area contributed by atoms with Crippen LogP contribution in [0.3, 0.4) is 0 Å². The molecule has 0 amide bonds. The second-order valence-electron chi connectivity index (χ2n) is 3.46. The second-order valence-corrected chi connectivity index (χ2v) is 3.46. The van der Waals surface area contributed by atoms with Crippen LogP contribution < -0.4 is 5.32 Å². The number of rotatable bonds is 3. The molecule has 0 aliphatic heterocycles. The molecule has 1 aromatic heterocycles. The summed E-state index contributed by atoms with van der Waals surface area (Å²) < 4.78 is 0. The van der Waals surface area contributed by atoms with Crippen molar-refractivity contribution in [1.82, 2.24) is 4.98 Å². The van der Waals surface area contributed by atoms with E-state index in [1.54, 1.807) is 0 Å². The Kier molecular flexibility index (Phi) is 2.22. The van der Waals surface area contributed by atoms with E-state index in [4.69, 9.17) is 0 Å². The Morgan fingerprint density at radius 1 is 1.55 bits per heavy atom. The van der Waals surface area contributed by atoms with Crippen molar-refractivity contribution in [1.29, 1.82) is 0 Å². The van der Waals surface area contributed by atoms with Gasteiger partial charge in [-0.3, -0.25) is 0 Å². The lowest BCUT2D eigenvalue weighted by molar-refractivity contribution is 0.547. The van der Waals surface area contributed by atoms with Crippen molar-refractivity contribution in [3.8, 4) is 0 Å². The van der Waals surface area contributed by atoms with Crippen LogP contribution in [0.25, 0.3) is 0 Å². The van der Waals surface area contributed by atoms with E-state index in [2.05, 4.69) is 31.1 Å². The summed E-state index contributed by atoms with van der Waals surface area (Å²) in [5.74, 6) is 0. The molecular weight excluding hydrogens is 136 g/mol. The van der Waals surface area contributed by atoms with Crippen LogP contribution in [-0.4, -0.2) is 10.5 Å². The van der Waals surface area contributed by atoms with E-state index < -0.39 is 0 Å². The Labute approximate surface area is 68.0 Å². The zero-order chi connectivity index (χ0) is 8.32. The van der Waals surface area contributed by atoms with Crippen LogP contribution >= 0.6 is 0 Å². The zero-order valence-electron chi connectivity index (χ0n) is 7.44. The highest BCUT2D eigenvalue weighted by Crippen LogP contribution is 2.16. The van der Waals surface area contributed by atoms with Crippen LogP contribution in [0.2, 0.25) is 0 Å². The summed E-state index contributed by atoms with van der Waals surface area (Å²) in [6.45, 7) is 6.57. The quantitative estimate of drug-likeness (QED) is 0.684. The summed E-state index contributed by atoms with van der Waals surface area (Å²) in [4.78, 5) is 3.01. The average molecular weight is 152 g/mol. The van der Waals surface area contributed by atoms with E-state index in [1.807, 2.05) is 18.5 Å². The van der Waals surface area contributed by atoms with Gasteiger partial charge in [-0.1, -0.05) is 6.92 Å². The molecule has 1 heterocycles. The monoisotopic (exact) mass is 152 g/mol. The standard InChI is InChI=1S/C9H16N2/c1-4-9(2,3)11-8-5-6-10-7-8/h5-7,10-11H,4H2,1-3H3. The molecule has 0 bridgehead atoms. The van der Waals surface area contributed by atoms with Crippen molar-refractivity contribution in [3.63, 3.8) is 0 Å². The van der Waals surface area contributed by atoms with Crippen molar-refractivity contribution in [2.24, 2.45) is 0 Å². The van der Waals surface area contributed by atoms with Crippen molar-refractivity contribution in [2.45, 2.75) is 32.7 Å². The first-order chi connectivity index (χ1) is 5.14. The Morgan fingerprint density at radius 2 is 2.27 bits per heavy atom. The van der Waals surface area contributed by atoms with E-state index >= 15 is 0 Å². The molecule has 0 aliphatic rings. The van der Waals surface area contributed by atoms with Gasteiger partial charge >= 0.3 is 0 Å². The van der Waals surface area contributed by atoms with Crippen LogP contribution in [0.5, 0.6) is 0 Å². The number of hydrogen-bond acceptors (Lipinski definition) is 1. The van der Waals surface area contributed by atoms with Gasteiger partial charge in [0.25, 0.3) is 0 Å². The van der Waals surface area contributed by atoms with Crippen LogP contribution in [0.15, 0.2) is 18.5 Å². The van der Waals surface area contributed by atoms with E-state index in [1.165, 1.54) is 0 Å². The summed E-state index contributed by atoms with van der Waals surface area (Å²) >= 11 is 0. The molecule has 62 valence electrons. The van der Waals surface area contributed by atoms with Gasteiger partial charge in [-0.05, 0) is 26.3 Å². The maximum atomic E-state index is 3.42. The van der Waals surface area contributed by atoms with E-state index in [-0.39, 0.29) is 5.54 Å². The lowest BCUT2D eigenvalue weighted by Gasteiger charge is -2.24. The molecule has 1 rings (SSSR count). The number of anilines is 1. The Bertz CT molecular complexity index is 199. The van der Waals surface area contributed by atoms with Gasteiger partial charge in [0.15, 0.2) is 0 Å². The van der Waals surface area contributed by atoms with E-state index in [9.17, 15) is 0 Å². The Balaban J connectivity index is 2.56. The molecule has 2 heteroatoms. The van der Waals surface area contributed by atoms with E-state index in [0.29, 0.717) is 0 Å². The highest BCUT2D eigenvalue weighted by Gasteiger charge is 2.13. The molecule has 0 spiro atoms. The predicted molar refractivity (Wildman–Crippen MR) is 48.8 cm³/mol. The van der Waals surface area contributed by atoms with E-state index in [0.717, 1.165) is 12.1 Å². The van der Waals surface area contributed by atoms with Crippen molar-refractivity contribution in [3.05, 3.63) is 18.5 Å². The van der Waals surface area contributed by atoms with Gasteiger partial charge < -0.3 is 10.3 Å². The first-order valence-electron chi connectivity index (χ1n) is 4.05. The van der Waals surface area contributed by atoms with Crippen LogP contribution in [0, 0.1) is 0 Å². The number of aromatic amines is 1. The highest BCUT2D eigenvalue weighted by molar-refractivity contribution is 5.42. The number of aromatic nitrogens is 1. The first kappa shape index (κ1) is 8.18. The maximum absolute atomic E-state index is 3.42. The molecule has 0 saturated carbocycles. The third-order valence-corrected chi connectivity index (χ3v) is 1.96. The molecule has 11 heavy (non-hydrogen) atoms. The van der Waals surface area contributed by atoms with Gasteiger partial charge in [0.2, 0.25) is 0 Å². The molecule has 0 saturated heterocycles. The molecule has 2 N–H and O–H groups in total. The molecule has 0 fully saturated rings. The second kappa shape index (κ2) is 2.99. The fraction of sp³-hybridized carbons (Fsp3) is 0.556. The van der Waals surface area contributed by atoms with Crippen molar-refractivity contribution < 1.29 is 0 Å². The average Bonchev–Trinajstić information content (AvgIpc) is 2.39. The minimum absolute atomic E-state index is 0.197. The van der Waals surface area contributed by atoms with Crippen LogP contribution in [0.1, 0.15) is 27.2 Å². The van der Waals surface area contributed by atoms with Gasteiger partial charge in [-0.15, -0.1) is 0 Å². The third kappa shape index (κ3) is 2.30. The first-order valence-corrected chi connectivity index (χ1v) is 4.05. The lowest BCUT2D eigenvalue weighted by atomic mass is 10.0. The predicted octanol–water partition coefficient (Wildman–Crippen LogP) is 2.62. The van der Waals surface area contributed by atoms with Gasteiger partial charge in [0, 0.05) is 17.9 Å². The largest absolute Gasteiger partial charge is 0.379 e. The summed E-state index contributed by atoms with van der Waals surface area (Å²) in [5, 5.41) is 3.42. The fourth-order valence-electron chi connectivity index (χ4n) is 0.881. The van der Waals surface area contributed by atoms with Crippen molar-refractivity contribution in [2.75, 3.05) is 5.32 Å². The SMILES string of the molecule is CCC(C)(C)Nc1cc[nH]c1. The third-order valence-electron chi connectivity index (χ3n) is 1.96. The molecule has 1 aromatic rings. The molecule has 0 radical (unpaired) electrons. The van der Waals surface area contributed by atoms with Crippen LogP contribution in [0.4, 0.5) is 5.69 Å². The van der Waals surface area contributed by atoms with Gasteiger partial charge in [0.1, 0.15) is 0 Å². The molecule has 2 nitrogen and oxygen atoms in total. The summed E-state index contributed by atoms with van der Waals surface area (Å²) in [6, 6.07) is 2.04. The summed E-state index contributed by atoms with van der Waals surface area (Å²) in [6.07, 6.45) is 5.02. The molecule has 0 aliphatic carbocycles. The maximum Gasteiger partial charge on any atom is 0.0521 e. The fourth-order valence-corrected chi connectivity index (χ4v) is 0.881. The Morgan fingerprint density at radius 3 is 2.73 bits per heavy atom. The summed E-state index contributed by atoms with van der Waals surface area (Å²) in [5.41, 5.74) is 1.36. The smallest absolute Gasteiger partial charge is 0.0521 e. The molecule has 0 aromatic carbocycles. The molecule has 0 unspecified atom stereocenters. The molecule has 0 atom stereocenters. The van der Waals surface area contributed by atoms with Gasteiger partial charge in [-0.2, -0.15) is 0 Å². The highest BCUT2D eigenvalue weighted by atomic mass is 15.0. The topological polar surface area (TPSA) is 27.8 Å². The number of H-pyrrole nitrogens is 1.